The van der Waals surface area contributed by atoms with Gasteiger partial charge in [0.15, 0.2) is 0 Å². The van der Waals surface area contributed by atoms with E-state index in [0.717, 1.165) is 19.4 Å². The molecule has 0 atom stereocenters. The second-order valence-corrected chi connectivity index (χ2v) is 5.44. The van der Waals surface area contributed by atoms with Crippen LogP contribution in [0.3, 0.4) is 0 Å². The van der Waals surface area contributed by atoms with Crippen LogP contribution in [-0.2, 0) is 0 Å². The topological polar surface area (TPSA) is 58.1 Å². The number of halogens is 1. The van der Waals surface area contributed by atoms with Gasteiger partial charge in [0, 0.05) is 36.7 Å². The maximum Gasteiger partial charge on any atom is 0.258 e. The molecule has 1 aromatic heterocycles. The molecule has 2 aromatic rings. The molecule has 1 heterocycles. The van der Waals surface area contributed by atoms with E-state index in [1.807, 2.05) is 11.9 Å². The van der Waals surface area contributed by atoms with Crippen molar-refractivity contribution in [2.45, 2.75) is 19.8 Å². The molecule has 22 heavy (non-hydrogen) atoms. The van der Waals surface area contributed by atoms with Crippen molar-refractivity contribution < 1.29 is 4.79 Å². The van der Waals surface area contributed by atoms with Gasteiger partial charge in [0.05, 0.1) is 5.56 Å². The Kier molecular flexibility index (Phi) is 5.72. The minimum Gasteiger partial charge on any atom is -0.344 e. The van der Waals surface area contributed by atoms with E-state index in [2.05, 4.69) is 22.2 Å². The van der Waals surface area contributed by atoms with E-state index in [4.69, 9.17) is 11.6 Å². The van der Waals surface area contributed by atoms with Crippen molar-refractivity contribution in [3.8, 4) is 0 Å². The summed E-state index contributed by atoms with van der Waals surface area (Å²) < 4.78 is 0. The van der Waals surface area contributed by atoms with E-state index < -0.39 is 0 Å². The Morgan fingerprint density at radius 3 is 2.45 bits per heavy atom. The Morgan fingerprint density at radius 2 is 1.86 bits per heavy atom. The predicted octanol–water partition coefficient (Wildman–Crippen LogP) is 3.62. The van der Waals surface area contributed by atoms with Crippen LogP contribution in [-0.4, -0.2) is 29.5 Å². The summed E-state index contributed by atoms with van der Waals surface area (Å²) in [5.41, 5.74) is 1.10. The quantitative estimate of drug-likeness (QED) is 0.883. The Bertz CT molecular complexity index is 613. The molecule has 1 N–H and O–H groups in total. The molecule has 0 aliphatic rings. The fourth-order valence-electron chi connectivity index (χ4n) is 1.87. The maximum atomic E-state index is 12.1. The van der Waals surface area contributed by atoms with E-state index in [1.54, 1.807) is 24.3 Å². The smallest absolute Gasteiger partial charge is 0.258 e. The molecular weight excluding hydrogens is 300 g/mol. The first-order valence-electron chi connectivity index (χ1n) is 7.20. The molecule has 0 aliphatic carbocycles. The summed E-state index contributed by atoms with van der Waals surface area (Å²) in [5.74, 6) is 0.376. The lowest BCUT2D eigenvalue weighted by molar-refractivity contribution is 0.102. The van der Waals surface area contributed by atoms with E-state index in [-0.39, 0.29) is 5.91 Å². The van der Waals surface area contributed by atoms with Crippen molar-refractivity contribution in [3.05, 3.63) is 47.2 Å². The van der Waals surface area contributed by atoms with E-state index in [9.17, 15) is 4.79 Å². The van der Waals surface area contributed by atoms with Gasteiger partial charge in [-0.2, -0.15) is 0 Å². The van der Waals surface area contributed by atoms with Crippen molar-refractivity contribution in [2.24, 2.45) is 0 Å². The number of nitrogens with one attached hydrogen (secondary N) is 1. The zero-order valence-electron chi connectivity index (χ0n) is 12.7. The third-order valence-electron chi connectivity index (χ3n) is 3.19. The van der Waals surface area contributed by atoms with Crippen LogP contribution in [0.2, 0.25) is 5.02 Å². The van der Waals surface area contributed by atoms with Crippen molar-refractivity contribution >= 4 is 29.1 Å². The molecule has 0 bridgehead atoms. The number of rotatable bonds is 6. The van der Waals surface area contributed by atoms with Gasteiger partial charge in [-0.25, -0.2) is 9.97 Å². The summed E-state index contributed by atoms with van der Waals surface area (Å²) in [6.45, 7) is 3.03. The average Bonchev–Trinajstić information content (AvgIpc) is 2.55. The molecule has 6 heteroatoms. The van der Waals surface area contributed by atoms with Gasteiger partial charge >= 0.3 is 0 Å². The number of hydrogen-bond donors (Lipinski definition) is 1. The second-order valence-electron chi connectivity index (χ2n) is 5.01. The first-order valence-corrected chi connectivity index (χ1v) is 7.58. The normalized spacial score (nSPS) is 10.3. The SMILES string of the molecule is CCCCN(C)c1ncc(C(=O)Nc2ccc(Cl)cc2)cn1. The van der Waals surface area contributed by atoms with Gasteiger partial charge < -0.3 is 10.2 Å². The van der Waals surface area contributed by atoms with Crippen LogP contribution in [0.15, 0.2) is 36.7 Å². The largest absolute Gasteiger partial charge is 0.344 e. The number of benzene rings is 1. The third kappa shape index (κ3) is 4.43. The summed E-state index contributed by atoms with van der Waals surface area (Å²) >= 11 is 5.81. The highest BCUT2D eigenvalue weighted by Crippen LogP contribution is 2.14. The zero-order valence-corrected chi connectivity index (χ0v) is 13.5. The van der Waals surface area contributed by atoms with Crippen LogP contribution in [0.4, 0.5) is 11.6 Å². The summed E-state index contributed by atoms with van der Waals surface area (Å²) in [4.78, 5) is 22.6. The highest BCUT2D eigenvalue weighted by atomic mass is 35.5. The predicted molar refractivity (Wildman–Crippen MR) is 89.6 cm³/mol. The zero-order chi connectivity index (χ0) is 15.9. The standard InChI is InChI=1S/C16H19ClN4O/c1-3-4-9-21(2)16-18-10-12(11-19-16)15(22)20-14-7-5-13(17)6-8-14/h5-8,10-11H,3-4,9H2,1-2H3,(H,20,22). The number of amides is 1. The second kappa shape index (κ2) is 7.75. The van der Waals surface area contributed by atoms with Crippen LogP contribution in [0.1, 0.15) is 30.1 Å². The molecule has 0 spiro atoms. The molecule has 0 fully saturated rings. The Hall–Kier alpha value is -2.14. The summed E-state index contributed by atoms with van der Waals surface area (Å²) in [6, 6.07) is 6.93. The number of anilines is 2. The van der Waals surface area contributed by atoms with Crippen LogP contribution >= 0.6 is 11.6 Å². The Balaban J connectivity index is 2.00. The molecular formula is C16H19ClN4O. The first-order chi connectivity index (χ1) is 10.6. The van der Waals surface area contributed by atoms with Crippen LogP contribution < -0.4 is 10.2 Å². The lowest BCUT2D eigenvalue weighted by Gasteiger charge is -2.16. The Labute approximate surface area is 135 Å². The highest BCUT2D eigenvalue weighted by Gasteiger charge is 2.09. The Morgan fingerprint density at radius 1 is 1.23 bits per heavy atom. The van der Waals surface area contributed by atoms with Crippen LogP contribution in [0.5, 0.6) is 0 Å². The van der Waals surface area contributed by atoms with Gasteiger partial charge in [0.2, 0.25) is 5.95 Å². The minimum atomic E-state index is -0.245. The lowest BCUT2D eigenvalue weighted by atomic mass is 10.3. The van der Waals surface area contributed by atoms with Gasteiger partial charge in [-0.15, -0.1) is 0 Å². The third-order valence-corrected chi connectivity index (χ3v) is 3.44. The fraction of sp³-hybridized carbons (Fsp3) is 0.312. The number of hydrogen-bond acceptors (Lipinski definition) is 4. The number of aromatic nitrogens is 2. The van der Waals surface area contributed by atoms with Crippen molar-refractivity contribution in [1.82, 2.24) is 9.97 Å². The molecule has 0 unspecified atom stereocenters. The summed E-state index contributed by atoms with van der Waals surface area (Å²) in [7, 11) is 1.94. The average molecular weight is 319 g/mol. The van der Waals surface area contributed by atoms with Crippen molar-refractivity contribution in [2.75, 3.05) is 23.8 Å². The number of carbonyl (C=O) groups excluding carboxylic acids is 1. The summed E-state index contributed by atoms with van der Waals surface area (Å²) in [5, 5.41) is 3.40. The molecule has 1 aromatic carbocycles. The van der Waals surface area contributed by atoms with Crippen LogP contribution in [0.25, 0.3) is 0 Å². The molecule has 5 nitrogen and oxygen atoms in total. The molecule has 1 amide bonds. The first kappa shape index (κ1) is 16.2. The molecule has 116 valence electrons. The van der Waals surface area contributed by atoms with E-state index in [0.29, 0.717) is 22.2 Å². The number of carbonyl (C=O) groups is 1. The van der Waals surface area contributed by atoms with Gasteiger partial charge in [0.25, 0.3) is 5.91 Å². The molecule has 0 saturated heterocycles. The van der Waals surface area contributed by atoms with Crippen molar-refractivity contribution in [3.63, 3.8) is 0 Å². The molecule has 0 saturated carbocycles. The number of nitrogens with zero attached hydrogens (tertiary/aromatic N) is 3. The van der Waals surface area contributed by atoms with Gasteiger partial charge in [-0.05, 0) is 30.7 Å². The lowest BCUT2D eigenvalue weighted by Crippen LogP contribution is -2.21. The summed E-state index contributed by atoms with van der Waals surface area (Å²) in [6.07, 6.45) is 5.27. The highest BCUT2D eigenvalue weighted by molar-refractivity contribution is 6.30. The van der Waals surface area contributed by atoms with E-state index >= 15 is 0 Å². The van der Waals surface area contributed by atoms with Gasteiger partial charge in [-0.3, -0.25) is 4.79 Å². The van der Waals surface area contributed by atoms with Crippen molar-refractivity contribution in [1.29, 1.82) is 0 Å². The molecule has 0 aliphatic heterocycles. The number of unbranched alkanes of at least 4 members (excludes halogenated alkanes) is 1. The van der Waals surface area contributed by atoms with Gasteiger partial charge in [-0.1, -0.05) is 24.9 Å². The molecule has 0 radical (unpaired) electrons. The van der Waals surface area contributed by atoms with Gasteiger partial charge in [0.1, 0.15) is 0 Å². The monoisotopic (exact) mass is 318 g/mol. The minimum absolute atomic E-state index is 0.245. The van der Waals surface area contributed by atoms with Crippen LogP contribution in [0, 0.1) is 0 Å². The molecule has 2 rings (SSSR count). The fourth-order valence-corrected chi connectivity index (χ4v) is 1.99. The van der Waals surface area contributed by atoms with E-state index in [1.165, 1.54) is 12.4 Å². The maximum absolute atomic E-state index is 12.1.